The van der Waals surface area contributed by atoms with Crippen molar-refractivity contribution >= 4 is 18.4 Å². The zero-order valence-corrected chi connectivity index (χ0v) is 12.1. The van der Waals surface area contributed by atoms with Gasteiger partial charge < -0.3 is 0 Å². The third kappa shape index (κ3) is 2.25. The molecule has 2 heteroatoms. The van der Waals surface area contributed by atoms with E-state index in [1.54, 1.807) is 0 Å². The second-order valence-corrected chi connectivity index (χ2v) is 21.1. The van der Waals surface area contributed by atoms with Gasteiger partial charge >= 0.3 is 90.5 Å². The Labute approximate surface area is 90.3 Å². The topological polar surface area (TPSA) is 9.23 Å². The monoisotopic (exact) mass is 298 g/mol. The Bertz CT molecular complexity index is 327. The van der Waals surface area contributed by atoms with Gasteiger partial charge in [-0.05, 0) is 0 Å². The summed E-state index contributed by atoms with van der Waals surface area (Å²) in [4.78, 5) is 7.49. The van der Waals surface area contributed by atoms with Crippen molar-refractivity contribution in [3.05, 3.63) is 29.8 Å². The molecule has 76 valence electrons. The summed E-state index contributed by atoms with van der Waals surface area (Å²) in [6.07, 6.45) is 0. The molecule has 0 saturated heterocycles. The molecule has 14 heavy (non-hydrogen) atoms. The van der Waals surface area contributed by atoms with Gasteiger partial charge in [-0.1, -0.05) is 0 Å². The molecule has 0 aliphatic carbocycles. The van der Waals surface area contributed by atoms with Gasteiger partial charge in [0.1, 0.15) is 0 Å². The first-order valence-corrected chi connectivity index (χ1v) is 15.9. The molecule has 1 aliphatic rings. The Morgan fingerprint density at radius 3 is 2.71 bits per heavy atom. The van der Waals surface area contributed by atoms with Crippen LogP contribution in [0, 0.1) is 0 Å². The molecule has 0 saturated carbocycles. The summed E-state index contributed by atoms with van der Waals surface area (Å²) in [5.41, 5.74) is 1.44. The first kappa shape index (κ1) is 10.3. The molecule has 0 amide bonds. The standard InChI is InChI=1S/C9H9O.3CH3.Sn/c1-7-6-10-9-5-3-2-4-8(7)9;;;;/h2-5,7H,1,6H2;3*1H3;. The van der Waals surface area contributed by atoms with E-state index in [1.807, 2.05) is 0 Å². The second kappa shape index (κ2) is 3.76. The second-order valence-electron chi connectivity index (χ2n) is 5.31. The van der Waals surface area contributed by atoms with E-state index in [0.717, 1.165) is 12.4 Å². The Balaban J connectivity index is 2.18. The van der Waals surface area contributed by atoms with Crippen LogP contribution in [0.5, 0.6) is 5.75 Å². The minimum atomic E-state index is -1.66. The summed E-state index contributed by atoms with van der Waals surface area (Å²) in [7, 11) is 0. The molecule has 0 N–H and O–H groups in total. The van der Waals surface area contributed by atoms with Gasteiger partial charge in [0.2, 0.25) is 0 Å². The number of rotatable bonds is 2. The summed E-state index contributed by atoms with van der Waals surface area (Å²) in [5, 5.41) is 0. The van der Waals surface area contributed by atoms with Gasteiger partial charge in [-0.3, -0.25) is 0 Å². The average molecular weight is 297 g/mol. The van der Waals surface area contributed by atoms with Crippen molar-refractivity contribution in [1.29, 1.82) is 0 Å². The van der Waals surface area contributed by atoms with Gasteiger partial charge in [0.15, 0.2) is 0 Å². The number of para-hydroxylation sites is 1. The molecule has 1 atom stereocenters. The summed E-state index contributed by atoms with van der Waals surface area (Å²) >= 11 is -1.66. The predicted molar refractivity (Wildman–Crippen MR) is 62.8 cm³/mol. The molecule has 1 heterocycles. The third-order valence-corrected chi connectivity index (χ3v) is 7.56. The Hall–Kier alpha value is -0.181. The first-order valence-electron chi connectivity index (χ1n) is 5.28. The van der Waals surface area contributed by atoms with Crippen LogP contribution in [0.25, 0.3) is 0 Å². The van der Waals surface area contributed by atoms with Crippen molar-refractivity contribution in [3.63, 3.8) is 0 Å². The van der Waals surface area contributed by atoms with Crippen LogP contribution in [0.15, 0.2) is 24.3 Å². The first-order chi connectivity index (χ1) is 6.56. The molecule has 0 spiro atoms. The maximum absolute atomic E-state index is 5.69. The zero-order valence-electron chi connectivity index (χ0n) is 9.21. The SMILES string of the molecule is [CH3][Sn]([CH3])([CH3])[CH2]C1COc2ccccc21. The van der Waals surface area contributed by atoms with E-state index in [4.69, 9.17) is 4.74 Å². The molecule has 1 nitrogen and oxygen atoms in total. The number of hydrogen-bond donors (Lipinski definition) is 0. The van der Waals surface area contributed by atoms with E-state index in [9.17, 15) is 0 Å². The molecule has 1 aromatic carbocycles. The summed E-state index contributed by atoms with van der Waals surface area (Å²) in [5.74, 6) is 1.80. The van der Waals surface area contributed by atoms with Crippen LogP contribution in [0.3, 0.4) is 0 Å². The molecule has 1 unspecified atom stereocenters. The van der Waals surface area contributed by atoms with Crippen LogP contribution in [0.1, 0.15) is 11.5 Å². The van der Waals surface area contributed by atoms with Crippen LogP contribution in [0.2, 0.25) is 19.3 Å². The number of fused-ring (bicyclic) bond motifs is 1. The molecule has 0 radical (unpaired) electrons. The van der Waals surface area contributed by atoms with Gasteiger partial charge in [0, 0.05) is 0 Å². The van der Waals surface area contributed by atoms with Crippen LogP contribution >= 0.6 is 0 Å². The van der Waals surface area contributed by atoms with Crippen molar-refractivity contribution < 1.29 is 4.74 Å². The van der Waals surface area contributed by atoms with Crippen molar-refractivity contribution in [2.75, 3.05) is 6.61 Å². The predicted octanol–water partition coefficient (Wildman–Crippen LogP) is 3.50. The fraction of sp³-hybridized carbons (Fsp3) is 0.500. The number of ether oxygens (including phenoxy) is 1. The normalized spacial score (nSPS) is 20.4. The van der Waals surface area contributed by atoms with Gasteiger partial charge in [-0.2, -0.15) is 0 Å². The fourth-order valence-corrected chi connectivity index (χ4v) is 7.32. The van der Waals surface area contributed by atoms with Crippen molar-refractivity contribution in [3.8, 4) is 5.75 Å². The van der Waals surface area contributed by atoms with Gasteiger partial charge in [0.05, 0.1) is 0 Å². The van der Waals surface area contributed by atoms with Crippen molar-refractivity contribution in [2.24, 2.45) is 0 Å². The average Bonchev–Trinajstić information content (AvgIpc) is 2.47. The van der Waals surface area contributed by atoms with E-state index < -0.39 is 18.4 Å². The molecular weight excluding hydrogens is 279 g/mol. The Morgan fingerprint density at radius 1 is 1.29 bits per heavy atom. The molecule has 0 bridgehead atoms. The minimum absolute atomic E-state index is 0.682. The molecule has 0 fully saturated rings. The van der Waals surface area contributed by atoms with Crippen LogP contribution in [-0.2, 0) is 0 Å². The van der Waals surface area contributed by atoms with E-state index in [0.29, 0.717) is 5.92 Å². The molecule has 1 aliphatic heterocycles. The third-order valence-electron chi connectivity index (χ3n) is 2.66. The molecule has 2 rings (SSSR count). The van der Waals surface area contributed by atoms with Crippen molar-refractivity contribution in [2.45, 2.75) is 25.2 Å². The molecule has 0 aromatic heterocycles. The van der Waals surface area contributed by atoms with Crippen LogP contribution in [0.4, 0.5) is 0 Å². The maximum atomic E-state index is 5.69. The molecule has 1 aromatic rings. The van der Waals surface area contributed by atoms with Gasteiger partial charge in [-0.25, -0.2) is 0 Å². The van der Waals surface area contributed by atoms with Crippen LogP contribution in [-0.4, -0.2) is 25.0 Å². The summed E-state index contributed by atoms with van der Waals surface area (Å²) in [6.45, 7) is 0.910. The van der Waals surface area contributed by atoms with E-state index in [2.05, 4.69) is 39.1 Å². The van der Waals surface area contributed by atoms with E-state index in [-0.39, 0.29) is 0 Å². The summed E-state index contributed by atoms with van der Waals surface area (Å²) in [6, 6.07) is 8.50. The van der Waals surface area contributed by atoms with E-state index >= 15 is 0 Å². The Kier molecular flexibility index (Phi) is 2.78. The molecular formula is C12H18OSn. The fourth-order valence-electron chi connectivity index (χ4n) is 2.14. The zero-order chi connectivity index (χ0) is 10.2. The summed E-state index contributed by atoms with van der Waals surface area (Å²) < 4.78 is 7.10. The van der Waals surface area contributed by atoms with Gasteiger partial charge in [-0.15, -0.1) is 0 Å². The van der Waals surface area contributed by atoms with Gasteiger partial charge in [0.25, 0.3) is 0 Å². The van der Waals surface area contributed by atoms with Crippen molar-refractivity contribution in [1.82, 2.24) is 0 Å². The number of hydrogen-bond acceptors (Lipinski definition) is 1. The van der Waals surface area contributed by atoms with E-state index in [1.165, 1.54) is 10.0 Å². The Morgan fingerprint density at radius 2 is 2.00 bits per heavy atom. The number of benzene rings is 1. The van der Waals surface area contributed by atoms with Crippen LogP contribution < -0.4 is 4.74 Å². The quantitative estimate of drug-likeness (QED) is 0.759.